The molecular formula is C18H29NO4SSi. The van der Waals surface area contributed by atoms with Crippen LogP contribution in [0.3, 0.4) is 0 Å². The maximum Gasteiger partial charge on any atom is 0.417 e. The number of amides is 2. The average Bonchev–Trinajstić information content (AvgIpc) is 3.12. The summed E-state index contributed by atoms with van der Waals surface area (Å²) in [5.74, 6) is -0.0349. The highest BCUT2D eigenvalue weighted by molar-refractivity contribution is 7.10. The third-order valence-electron chi connectivity index (χ3n) is 4.93. The molecule has 1 aliphatic rings. The predicted octanol–water partition coefficient (Wildman–Crippen LogP) is 4.81. The molecule has 25 heavy (non-hydrogen) atoms. The molecule has 0 radical (unpaired) electrons. The van der Waals surface area contributed by atoms with Gasteiger partial charge < -0.3 is 9.16 Å². The summed E-state index contributed by atoms with van der Waals surface area (Å²) < 4.78 is 11.7. The highest BCUT2D eigenvalue weighted by Crippen LogP contribution is 2.42. The molecule has 1 aliphatic heterocycles. The van der Waals surface area contributed by atoms with Crippen molar-refractivity contribution in [3.05, 3.63) is 22.4 Å². The van der Waals surface area contributed by atoms with Crippen LogP contribution in [0.5, 0.6) is 0 Å². The molecule has 5 nitrogen and oxygen atoms in total. The Labute approximate surface area is 155 Å². The zero-order valence-electron chi connectivity index (χ0n) is 15.8. The fraction of sp³-hybridized carbons (Fsp3) is 0.667. The first-order chi connectivity index (χ1) is 11.9. The van der Waals surface area contributed by atoms with E-state index in [2.05, 4.69) is 20.8 Å². The number of thiophene rings is 1. The molecule has 1 aromatic rings. The monoisotopic (exact) mass is 383 g/mol. The van der Waals surface area contributed by atoms with Crippen LogP contribution >= 0.6 is 11.3 Å². The van der Waals surface area contributed by atoms with E-state index in [9.17, 15) is 9.59 Å². The Morgan fingerprint density at radius 1 is 1.28 bits per heavy atom. The van der Waals surface area contributed by atoms with Gasteiger partial charge in [-0.2, -0.15) is 0 Å². The van der Waals surface area contributed by atoms with Gasteiger partial charge in [0.05, 0.1) is 6.61 Å². The Bertz CT molecular complexity index is 578. The maximum atomic E-state index is 12.7. The summed E-state index contributed by atoms with van der Waals surface area (Å²) >= 11 is 1.54. The first-order valence-corrected chi connectivity index (χ1v) is 12.5. The van der Waals surface area contributed by atoms with E-state index >= 15 is 0 Å². The molecule has 2 amide bonds. The van der Waals surface area contributed by atoms with Crippen LogP contribution < -0.4 is 0 Å². The molecule has 2 unspecified atom stereocenters. The molecule has 7 heteroatoms. The van der Waals surface area contributed by atoms with E-state index in [1.807, 2.05) is 31.4 Å². The van der Waals surface area contributed by atoms with Crippen LogP contribution in [0.1, 0.15) is 45.5 Å². The Kier molecular flexibility index (Phi) is 6.82. The van der Waals surface area contributed by atoms with Gasteiger partial charge in [0.2, 0.25) is 0 Å². The minimum Gasteiger partial charge on any atom is -0.449 e. The summed E-state index contributed by atoms with van der Waals surface area (Å²) in [6.45, 7) is 10.7. The average molecular weight is 384 g/mol. The number of carbonyl (C=O) groups is 2. The van der Waals surface area contributed by atoms with Crippen LogP contribution in [-0.2, 0) is 14.0 Å². The van der Waals surface area contributed by atoms with Gasteiger partial charge in [0, 0.05) is 4.88 Å². The van der Waals surface area contributed by atoms with E-state index < -0.39 is 20.5 Å². The summed E-state index contributed by atoms with van der Waals surface area (Å²) in [4.78, 5) is 27.3. The minimum absolute atomic E-state index is 0.230. The number of imide groups is 1. The van der Waals surface area contributed by atoms with Gasteiger partial charge in [0.15, 0.2) is 14.4 Å². The smallest absolute Gasteiger partial charge is 0.417 e. The summed E-state index contributed by atoms with van der Waals surface area (Å²) in [6, 6.07) is 6.44. The molecule has 1 fully saturated rings. The lowest BCUT2D eigenvalue weighted by Gasteiger charge is -2.47. The molecule has 140 valence electrons. The maximum absolute atomic E-state index is 12.7. The minimum atomic E-state index is -1.94. The number of hydrogen-bond donors (Lipinski definition) is 0. The zero-order valence-corrected chi connectivity index (χ0v) is 17.6. The number of β-lactam (4-membered cyclic amide) rings is 1. The van der Waals surface area contributed by atoms with Crippen LogP contribution in [0.2, 0.25) is 18.1 Å². The van der Waals surface area contributed by atoms with Crippen LogP contribution in [0.4, 0.5) is 4.79 Å². The second-order valence-electron chi connectivity index (χ2n) is 6.92. The van der Waals surface area contributed by atoms with E-state index in [0.29, 0.717) is 6.61 Å². The second kappa shape index (κ2) is 8.47. The third kappa shape index (κ3) is 4.15. The molecule has 0 saturated carbocycles. The zero-order chi connectivity index (χ0) is 18.6. The number of ether oxygens (including phenoxy) is 1. The van der Waals surface area contributed by atoms with Crippen molar-refractivity contribution in [3.8, 4) is 0 Å². The van der Waals surface area contributed by atoms with Gasteiger partial charge in [-0.3, -0.25) is 4.79 Å². The molecule has 0 aliphatic carbocycles. The summed E-state index contributed by atoms with van der Waals surface area (Å²) in [5, 5.41) is 1.96. The van der Waals surface area contributed by atoms with Gasteiger partial charge in [-0.25, -0.2) is 9.69 Å². The number of nitrogens with zero attached hydrogens (tertiary/aromatic N) is 1. The Hall–Kier alpha value is -1.18. The third-order valence-corrected chi connectivity index (χ3v) is 10.5. The molecule has 0 bridgehead atoms. The van der Waals surface area contributed by atoms with Crippen LogP contribution in [-0.4, -0.2) is 37.9 Å². The fourth-order valence-corrected chi connectivity index (χ4v) is 6.70. The van der Waals surface area contributed by atoms with Gasteiger partial charge in [-0.15, -0.1) is 11.3 Å². The van der Waals surface area contributed by atoms with E-state index in [0.717, 1.165) is 23.0 Å². The van der Waals surface area contributed by atoms with Gasteiger partial charge >= 0.3 is 6.09 Å². The standard InChI is InChI=1S/C18H29NO4SSi/c1-6-25(7-2,8-3)23-16-15(14-10-9-11-24-14)19(17(16)20)18(21)22-12-13(4)5/h9-11,13,15-16H,6-8,12H2,1-5H3. The Morgan fingerprint density at radius 2 is 1.92 bits per heavy atom. The van der Waals surface area contributed by atoms with Gasteiger partial charge in [-0.05, 0) is 35.5 Å². The topological polar surface area (TPSA) is 55.8 Å². The van der Waals surface area contributed by atoms with Crippen LogP contribution in [0.15, 0.2) is 17.5 Å². The molecule has 0 spiro atoms. The summed E-state index contributed by atoms with van der Waals surface area (Å²) in [7, 11) is -1.94. The second-order valence-corrected chi connectivity index (χ2v) is 12.6. The molecule has 1 aromatic heterocycles. The number of carbonyl (C=O) groups excluding carboxylic acids is 2. The SMILES string of the molecule is CC[Si](CC)(CC)OC1C(=O)N(C(=O)OCC(C)C)C1c1cccs1. The first kappa shape index (κ1) is 20.1. The summed E-state index contributed by atoms with van der Waals surface area (Å²) in [6.07, 6.45) is -1.12. The van der Waals surface area contributed by atoms with Gasteiger partial charge in [-0.1, -0.05) is 40.7 Å². The quantitative estimate of drug-likeness (QED) is 0.477. The number of hydrogen-bond acceptors (Lipinski definition) is 5. The van der Waals surface area contributed by atoms with Crippen molar-refractivity contribution in [1.82, 2.24) is 4.90 Å². The molecular weight excluding hydrogens is 354 g/mol. The van der Waals surface area contributed by atoms with Crippen LogP contribution in [0.25, 0.3) is 0 Å². The van der Waals surface area contributed by atoms with Crippen LogP contribution in [0, 0.1) is 5.92 Å². The van der Waals surface area contributed by atoms with Crippen molar-refractivity contribution in [3.63, 3.8) is 0 Å². The molecule has 0 N–H and O–H groups in total. The molecule has 1 saturated heterocycles. The summed E-state index contributed by atoms with van der Waals surface area (Å²) in [5.41, 5.74) is 0. The lowest BCUT2D eigenvalue weighted by molar-refractivity contribution is -0.160. The van der Waals surface area contributed by atoms with E-state index in [4.69, 9.17) is 9.16 Å². The van der Waals surface area contributed by atoms with Crippen molar-refractivity contribution in [1.29, 1.82) is 0 Å². The molecule has 0 aromatic carbocycles. The van der Waals surface area contributed by atoms with E-state index in [1.54, 1.807) is 11.3 Å². The highest BCUT2D eigenvalue weighted by atomic mass is 32.1. The van der Waals surface area contributed by atoms with Crippen molar-refractivity contribution < 1.29 is 18.8 Å². The van der Waals surface area contributed by atoms with E-state index in [-0.39, 0.29) is 17.9 Å². The largest absolute Gasteiger partial charge is 0.449 e. The number of rotatable bonds is 8. The normalized spacial score (nSPS) is 20.7. The van der Waals surface area contributed by atoms with E-state index in [1.165, 1.54) is 4.90 Å². The van der Waals surface area contributed by atoms with Crippen molar-refractivity contribution >= 4 is 31.7 Å². The lowest BCUT2D eigenvalue weighted by Crippen LogP contribution is -2.64. The fourth-order valence-electron chi connectivity index (χ4n) is 3.09. The molecule has 2 atom stereocenters. The highest BCUT2D eigenvalue weighted by Gasteiger charge is 2.55. The molecule has 2 rings (SSSR count). The Morgan fingerprint density at radius 3 is 2.40 bits per heavy atom. The van der Waals surface area contributed by atoms with Crippen molar-refractivity contribution in [2.24, 2.45) is 5.92 Å². The number of likely N-dealkylation sites (tertiary alicyclic amines) is 1. The molecule has 2 heterocycles. The lowest BCUT2D eigenvalue weighted by atomic mass is 9.97. The van der Waals surface area contributed by atoms with Crippen molar-refractivity contribution in [2.45, 2.75) is 64.9 Å². The Balaban J connectivity index is 2.21. The van der Waals surface area contributed by atoms with Gasteiger partial charge in [0.25, 0.3) is 5.91 Å². The predicted molar refractivity (Wildman–Crippen MR) is 102 cm³/mol. The first-order valence-electron chi connectivity index (χ1n) is 9.10. The van der Waals surface area contributed by atoms with Gasteiger partial charge in [0.1, 0.15) is 6.04 Å². The van der Waals surface area contributed by atoms with Crippen molar-refractivity contribution in [2.75, 3.05) is 6.61 Å².